The Morgan fingerprint density at radius 1 is 0.964 bits per heavy atom. The van der Waals surface area contributed by atoms with Gasteiger partial charge in [-0.15, -0.1) is 0 Å². The largest absolute Gasteiger partial charge is 0.497 e. The molecule has 5 heteroatoms. The minimum atomic E-state index is -0.134. The number of fused-ring (bicyclic) bond motifs is 1. The lowest BCUT2D eigenvalue weighted by molar-refractivity contribution is 0.101. The third-order valence-corrected chi connectivity index (χ3v) is 4.90. The monoisotopic (exact) mass is 436 g/mol. The van der Waals surface area contributed by atoms with E-state index in [9.17, 15) is 4.79 Å². The molecule has 0 amide bonds. The van der Waals surface area contributed by atoms with Gasteiger partial charge in [0.15, 0.2) is 5.76 Å². The highest BCUT2D eigenvalue weighted by Gasteiger charge is 2.27. The molecule has 0 N–H and O–H groups in total. The van der Waals surface area contributed by atoms with Gasteiger partial charge in [-0.05, 0) is 53.6 Å². The summed E-state index contributed by atoms with van der Waals surface area (Å²) in [6.45, 7) is 0.439. The number of carbonyl (C=O) groups excluding carboxylic acids is 1. The fourth-order valence-electron chi connectivity index (χ4n) is 2.86. The predicted molar refractivity (Wildman–Crippen MR) is 111 cm³/mol. The van der Waals surface area contributed by atoms with Gasteiger partial charge in [0.2, 0.25) is 5.78 Å². The van der Waals surface area contributed by atoms with Crippen molar-refractivity contribution in [3.63, 3.8) is 0 Å². The van der Waals surface area contributed by atoms with E-state index in [-0.39, 0.29) is 5.78 Å². The van der Waals surface area contributed by atoms with Crippen molar-refractivity contribution in [3.05, 3.63) is 93.7 Å². The molecule has 0 saturated carbocycles. The second-order valence-corrected chi connectivity index (χ2v) is 7.20. The molecule has 0 spiro atoms. The molecular formula is C23H17BrO4. The summed E-state index contributed by atoms with van der Waals surface area (Å²) in [5.41, 5.74) is 2.46. The molecule has 0 saturated heterocycles. The van der Waals surface area contributed by atoms with Crippen molar-refractivity contribution in [3.8, 4) is 17.2 Å². The number of benzene rings is 3. The Kier molecular flexibility index (Phi) is 5.17. The SMILES string of the molecule is COc1ccc(C=C2Oc3cc(OCc4ccc(Br)cc4)ccc3C2=O)cc1. The number of ether oxygens (including phenoxy) is 3. The first-order chi connectivity index (χ1) is 13.6. The highest BCUT2D eigenvalue weighted by Crippen LogP contribution is 2.35. The molecule has 4 nitrogen and oxygen atoms in total. The number of carbonyl (C=O) groups is 1. The van der Waals surface area contributed by atoms with Crippen molar-refractivity contribution < 1.29 is 19.0 Å². The topological polar surface area (TPSA) is 44.8 Å². The average Bonchev–Trinajstić information content (AvgIpc) is 3.03. The molecule has 4 rings (SSSR count). The zero-order valence-electron chi connectivity index (χ0n) is 15.1. The number of rotatable bonds is 5. The molecule has 0 aliphatic carbocycles. The fraction of sp³-hybridized carbons (Fsp3) is 0.0870. The Hall–Kier alpha value is -3.05. The molecule has 1 aliphatic rings. The van der Waals surface area contributed by atoms with Gasteiger partial charge in [-0.3, -0.25) is 4.79 Å². The minimum absolute atomic E-state index is 0.134. The van der Waals surface area contributed by atoms with Crippen LogP contribution in [0.2, 0.25) is 0 Å². The van der Waals surface area contributed by atoms with Crippen LogP contribution in [0.4, 0.5) is 0 Å². The van der Waals surface area contributed by atoms with E-state index < -0.39 is 0 Å². The summed E-state index contributed by atoms with van der Waals surface area (Å²) in [4.78, 5) is 12.6. The van der Waals surface area contributed by atoms with Crippen LogP contribution in [0, 0.1) is 0 Å². The lowest BCUT2D eigenvalue weighted by Crippen LogP contribution is -1.98. The Balaban J connectivity index is 1.49. The third-order valence-electron chi connectivity index (χ3n) is 4.37. The van der Waals surface area contributed by atoms with Crippen LogP contribution in [-0.2, 0) is 6.61 Å². The number of methoxy groups -OCH3 is 1. The van der Waals surface area contributed by atoms with Crippen LogP contribution >= 0.6 is 15.9 Å². The van der Waals surface area contributed by atoms with Crippen molar-refractivity contribution in [2.24, 2.45) is 0 Å². The zero-order valence-corrected chi connectivity index (χ0v) is 16.7. The van der Waals surface area contributed by atoms with E-state index in [1.165, 1.54) is 0 Å². The Morgan fingerprint density at radius 3 is 2.39 bits per heavy atom. The molecule has 0 atom stereocenters. The van der Waals surface area contributed by atoms with Crippen LogP contribution in [0.3, 0.4) is 0 Å². The van der Waals surface area contributed by atoms with Gasteiger partial charge in [-0.25, -0.2) is 0 Å². The van der Waals surface area contributed by atoms with Gasteiger partial charge in [0.1, 0.15) is 23.9 Å². The maximum Gasteiger partial charge on any atom is 0.231 e. The fourth-order valence-corrected chi connectivity index (χ4v) is 3.12. The Labute approximate surface area is 171 Å². The first-order valence-corrected chi connectivity index (χ1v) is 9.51. The summed E-state index contributed by atoms with van der Waals surface area (Å²) in [5.74, 6) is 2.09. The highest BCUT2D eigenvalue weighted by molar-refractivity contribution is 9.10. The van der Waals surface area contributed by atoms with Crippen LogP contribution in [0.25, 0.3) is 6.08 Å². The molecule has 1 heterocycles. The van der Waals surface area contributed by atoms with Gasteiger partial charge in [0, 0.05) is 10.5 Å². The lowest BCUT2D eigenvalue weighted by atomic mass is 10.1. The number of Topliss-reactive ketones (excluding diaryl/α,β-unsaturated/α-hetero) is 1. The van der Waals surface area contributed by atoms with Crippen molar-refractivity contribution in [1.29, 1.82) is 0 Å². The van der Waals surface area contributed by atoms with Crippen molar-refractivity contribution in [1.82, 2.24) is 0 Å². The summed E-state index contributed by atoms with van der Waals surface area (Å²) in [5, 5.41) is 0. The summed E-state index contributed by atoms with van der Waals surface area (Å²) in [7, 11) is 1.62. The Bertz CT molecular complexity index is 1040. The van der Waals surface area contributed by atoms with Gasteiger partial charge in [0.05, 0.1) is 12.7 Å². The number of ketones is 1. The second kappa shape index (κ2) is 7.90. The smallest absolute Gasteiger partial charge is 0.231 e. The third kappa shape index (κ3) is 3.94. The summed E-state index contributed by atoms with van der Waals surface area (Å²) >= 11 is 3.42. The molecule has 3 aromatic carbocycles. The summed E-state index contributed by atoms with van der Waals surface area (Å²) in [6, 6.07) is 20.6. The zero-order chi connectivity index (χ0) is 19.5. The van der Waals surface area contributed by atoms with E-state index in [4.69, 9.17) is 14.2 Å². The molecular weight excluding hydrogens is 420 g/mol. The minimum Gasteiger partial charge on any atom is -0.497 e. The number of hydrogen-bond acceptors (Lipinski definition) is 4. The van der Waals surface area contributed by atoms with Crippen LogP contribution in [-0.4, -0.2) is 12.9 Å². The molecule has 28 heavy (non-hydrogen) atoms. The average molecular weight is 437 g/mol. The maximum absolute atomic E-state index is 12.6. The molecule has 0 aromatic heterocycles. The molecule has 0 unspecified atom stereocenters. The van der Waals surface area contributed by atoms with Gasteiger partial charge in [-0.2, -0.15) is 0 Å². The molecule has 1 aliphatic heterocycles. The van der Waals surface area contributed by atoms with Crippen molar-refractivity contribution in [2.75, 3.05) is 7.11 Å². The first kappa shape index (κ1) is 18.3. The molecule has 0 bridgehead atoms. The van der Waals surface area contributed by atoms with E-state index in [1.807, 2.05) is 48.5 Å². The number of hydrogen-bond donors (Lipinski definition) is 0. The highest BCUT2D eigenvalue weighted by atomic mass is 79.9. The van der Waals surface area contributed by atoms with Gasteiger partial charge >= 0.3 is 0 Å². The quantitative estimate of drug-likeness (QED) is 0.484. The van der Waals surface area contributed by atoms with Crippen molar-refractivity contribution >= 4 is 27.8 Å². The predicted octanol–water partition coefficient (Wildman–Crippen LogP) is 5.65. The van der Waals surface area contributed by atoms with E-state index in [0.717, 1.165) is 21.3 Å². The number of allylic oxidation sites excluding steroid dienone is 1. The lowest BCUT2D eigenvalue weighted by Gasteiger charge is -2.07. The normalized spacial score (nSPS) is 13.9. The second-order valence-electron chi connectivity index (χ2n) is 6.29. The van der Waals surface area contributed by atoms with E-state index >= 15 is 0 Å². The van der Waals surface area contributed by atoms with Crippen LogP contribution in [0.5, 0.6) is 17.2 Å². The molecule has 140 valence electrons. The van der Waals surface area contributed by atoms with E-state index in [1.54, 1.807) is 31.4 Å². The Morgan fingerprint density at radius 2 is 1.68 bits per heavy atom. The van der Waals surface area contributed by atoms with Gasteiger partial charge < -0.3 is 14.2 Å². The first-order valence-electron chi connectivity index (χ1n) is 8.72. The van der Waals surface area contributed by atoms with Crippen LogP contribution < -0.4 is 14.2 Å². The summed E-state index contributed by atoms with van der Waals surface area (Å²) < 4.78 is 17.8. The molecule has 0 fully saturated rings. The van der Waals surface area contributed by atoms with E-state index in [0.29, 0.717) is 29.4 Å². The molecule has 0 radical (unpaired) electrons. The van der Waals surface area contributed by atoms with Gasteiger partial charge in [0.25, 0.3) is 0 Å². The molecule has 3 aromatic rings. The summed E-state index contributed by atoms with van der Waals surface area (Å²) in [6.07, 6.45) is 1.73. The standard InChI is InChI=1S/C23H17BrO4/c1-26-18-8-4-15(5-9-18)12-22-23(25)20-11-10-19(13-21(20)28-22)27-14-16-2-6-17(24)7-3-16/h2-13H,14H2,1H3. The van der Waals surface area contributed by atoms with Gasteiger partial charge in [-0.1, -0.05) is 40.2 Å². The number of halogens is 1. The van der Waals surface area contributed by atoms with Crippen LogP contribution in [0.1, 0.15) is 21.5 Å². The van der Waals surface area contributed by atoms with E-state index in [2.05, 4.69) is 15.9 Å². The van der Waals surface area contributed by atoms with Crippen molar-refractivity contribution in [2.45, 2.75) is 6.61 Å². The maximum atomic E-state index is 12.6. The van der Waals surface area contributed by atoms with Crippen LogP contribution in [0.15, 0.2) is 77.0 Å².